The van der Waals surface area contributed by atoms with Crippen molar-refractivity contribution in [2.75, 3.05) is 10.6 Å². The number of carboxylic acid groups (broad SMARTS) is 1. The molecule has 2 aromatic rings. The van der Waals surface area contributed by atoms with Gasteiger partial charge in [0.2, 0.25) is 21.7 Å². The Bertz CT molecular complexity index is 993. The molecule has 0 saturated carbocycles. The Labute approximate surface area is 155 Å². The lowest BCUT2D eigenvalue weighted by atomic mass is 10.3. The van der Waals surface area contributed by atoms with Crippen molar-refractivity contribution in [3.8, 4) is 0 Å². The van der Waals surface area contributed by atoms with E-state index in [2.05, 4.69) is 10.6 Å². The van der Waals surface area contributed by atoms with Crippen LogP contribution < -0.4 is 10.6 Å². The van der Waals surface area contributed by atoms with Gasteiger partial charge in [-0.15, -0.1) is 0 Å². The van der Waals surface area contributed by atoms with Crippen molar-refractivity contribution in [3.05, 3.63) is 60.7 Å². The third-order valence-electron chi connectivity index (χ3n) is 3.29. The van der Waals surface area contributed by atoms with Crippen LogP contribution in [0.25, 0.3) is 0 Å². The molecule has 0 aromatic heterocycles. The van der Waals surface area contributed by atoms with Crippen LogP contribution in [0.15, 0.2) is 70.5 Å². The van der Waals surface area contributed by atoms with Gasteiger partial charge in [0.05, 0.1) is 9.79 Å². The molecule has 0 spiro atoms. The second-order valence-corrected chi connectivity index (χ2v) is 7.34. The van der Waals surface area contributed by atoms with Crippen LogP contribution >= 0.6 is 0 Å². The fourth-order valence-corrected chi connectivity index (χ4v) is 3.37. The van der Waals surface area contributed by atoms with E-state index in [1.54, 1.807) is 0 Å². The second-order valence-electron chi connectivity index (χ2n) is 5.39. The van der Waals surface area contributed by atoms with Crippen molar-refractivity contribution in [1.82, 2.24) is 0 Å². The van der Waals surface area contributed by atoms with Crippen molar-refractivity contribution in [2.24, 2.45) is 0 Å². The standard InChI is InChI=1S/C18H16N2O6S/c1-12(21)19-13-2-6-15(7-3-13)27(25,26)16-8-4-14(5-9-16)20-17(22)10-11-18(23)24/h2-11H,1H3,(H,19,21)(H,20,22)(H,23,24)/b11-10+. The second kappa shape index (κ2) is 8.28. The summed E-state index contributed by atoms with van der Waals surface area (Å²) in [5, 5.41) is 13.4. The fraction of sp³-hybridized carbons (Fsp3) is 0.0556. The first-order chi connectivity index (χ1) is 12.7. The van der Waals surface area contributed by atoms with Crippen molar-refractivity contribution >= 4 is 39.0 Å². The van der Waals surface area contributed by atoms with Crippen LogP contribution in [0.5, 0.6) is 0 Å². The van der Waals surface area contributed by atoms with E-state index in [4.69, 9.17) is 5.11 Å². The third kappa shape index (κ3) is 5.51. The molecule has 27 heavy (non-hydrogen) atoms. The van der Waals surface area contributed by atoms with Gasteiger partial charge in [0.1, 0.15) is 0 Å². The van der Waals surface area contributed by atoms with Crippen molar-refractivity contribution in [3.63, 3.8) is 0 Å². The number of sulfone groups is 1. The molecule has 9 heteroatoms. The summed E-state index contributed by atoms with van der Waals surface area (Å²) in [6.07, 6.45) is 1.54. The van der Waals surface area contributed by atoms with E-state index in [0.29, 0.717) is 17.5 Å². The van der Waals surface area contributed by atoms with E-state index in [1.165, 1.54) is 55.5 Å². The molecule has 0 fully saturated rings. The minimum Gasteiger partial charge on any atom is -0.478 e. The number of carbonyl (C=O) groups excluding carboxylic acids is 2. The Kier molecular flexibility index (Phi) is 6.09. The fourth-order valence-electron chi connectivity index (χ4n) is 2.11. The monoisotopic (exact) mass is 388 g/mol. The topological polar surface area (TPSA) is 130 Å². The van der Waals surface area contributed by atoms with Gasteiger partial charge in [-0.2, -0.15) is 0 Å². The maximum atomic E-state index is 12.6. The average Bonchev–Trinajstić information content (AvgIpc) is 2.60. The summed E-state index contributed by atoms with van der Waals surface area (Å²) in [6.45, 7) is 1.35. The molecule has 140 valence electrons. The zero-order valence-electron chi connectivity index (χ0n) is 14.2. The molecule has 0 bridgehead atoms. The highest BCUT2D eigenvalue weighted by atomic mass is 32.2. The lowest BCUT2D eigenvalue weighted by Crippen LogP contribution is -2.09. The van der Waals surface area contributed by atoms with Crippen LogP contribution in [0, 0.1) is 0 Å². The van der Waals surface area contributed by atoms with Crippen LogP contribution in [0.3, 0.4) is 0 Å². The highest BCUT2D eigenvalue weighted by molar-refractivity contribution is 7.91. The summed E-state index contributed by atoms with van der Waals surface area (Å²) in [5.74, 6) is -2.17. The predicted molar refractivity (Wildman–Crippen MR) is 98.0 cm³/mol. The molecule has 2 rings (SSSR count). The molecule has 0 aliphatic rings. The van der Waals surface area contributed by atoms with Crippen molar-refractivity contribution < 1.29 is 27.9 Å². The predicted octanol–water partition coefficient (Wildman–Crippen LogP) is 2.06. The molecule has 0 unspecified atom stereocenters. The average molecular weight is 388 g/mol. The van der Waals surface area contributed by atoms with Gasteiger partial charge in [-0.25, -0.2) is 13.2 Å². The van der Waals surface area contributed by atoms with E-state index in [9.17, 15) is 22.8 Å². The summed E-state index contributed by atoms with van der Waals surface area (Å²) < 4.78 is 25.3. The molecule has 2 amide bonds. The molecule has 0 saturated heterocycles. The molecular formula is C18H16N2O6S. The lowest BCUT2D eigenvalue weighted by molar-refractivity contribution is -0.131. The molecule has 0 radical (unpaired) electrons. The van der Waals surface area contributed by atoms with Gasteiger partial charge >= 0.3 is 5.97 Å². The van der Waals surface area contributed by atoms with Gasteiger partial charge in [-0.3, -0.25) is 9.59 Å². The van der Waals surface area contributed by atoms with E-state index in [0.717, 1.165) is 6.08 Å². The number of carbonyl (C=O) groups is 3. The van der Waals surface area contributed by atoms with Crippen LogP contribution in [-0.4, -0.2) is 31.3 Å². The summed E-state index contributed by atoms with van der Waals surface area (Å²) >= 11 is 0. The van der Waals surface area contributed by atoms with E-state index in [1.807, 2.05) is 0 Å². The summed E-state index contributed by atoms with van der Waals surface area (Å²) in [4.78, 5) is 33.0. The lowest BCUT2D eigenvalue weighted by Gasteiger charge is -2.08. The zero-order chi connectivity index (χ0) is 20.0. The van der Waals surface area contributed by atoms with Gasteiger partial charge in [0.15, 0.2) is 0 Å². The molecule has 0 aliphatic carbocycles. The molecule has 0 heterocycles. The number of rotatable bonds is 6. The molecule has 2 aromatic carbocycles. The number of carboxylic acids is 1. The normalized spacial score (nSPS) is 11.1. The minimum absolute atomic E-state index is 0.0221. The molecule has 8 nitrogen and oxygen atoms in total. The maximum absolute atomic E-state index is 12.6. The molecule has 0 atom stereocenters. The molecule has 3 N–H and O–H groups in total. The Morgan fingerprint density at radius 2 is 1.26 bits per heavy atom. The number of benzene rings is 2. The zero-order valence-corrected chi connectivity index (χ0v) is 15.0. The highest BCUT2D eigenvalue weighted by Gasteiger charge is 2.17. The van der Waals surface area contributed by atoms with E-state index < -0.39 is 21.7 Å². The van der Waals surface area contributed by atoms with Gasteiger partial charge in [0.25, 0.3) is 0 Å². The number of nitrogens with one attached hydrogen (secondary N) is 2. The van der Waals surface area contributed by atoms with E-state index in [-0.39, 0.29) is 15.7 Å². The Morgan fingerprint density at radius 1 is 0.815 bits per heavy atom. The summed E-state index contributed by atoms with van der Waals surface area (Å²) in [5.41, 5.74) is 0.795. The smallest absolute Gasteiger partial charge is 0.328 e. The van der Waals surface area contributed by atoms with Crippen molar-refractivity contribution in [1.29, 1.82) is 0 Å². The molecule has 0 aliphatic heterocycles. The van der Waals surface area contributed by atoms with Crippen LogP contribution in [0.4, 0.5) is 11.4 Å². The Morgan fingerprint density at radius 3 is 1.67 bits per heavy atom. The third-order valence-corrected chi connectivity index (χ3v) is 5.08. The van der Waals surface area contributed by atoms with Gasteiger partial charge in [0, 0.05) is 30.5 Å². The molecular weight excluding hydrogens is 372 g/mol. The Balaban J connectivity index is 2.16. The number of aliphatic carboxylic acids is 1. The van der Waals surface area contributed by atoms with Crippen LogP contribution in [0.2, 0.25) is 0 Å². The van der Waals surface area contributed by atoms with Crippen LogP contribution in [-0.2, 0) is 24.2 Å². The largest absolute Gasteiger partial charge is 0.478 e. The Hall–Kier alpha value is -3.46. The minimum atomic E-state index is -3.77. The number of anilines is 2. The number of hydrogen-bond acceptors (Lipinski definition) is 5. The number of hydrogen-bond donors (Lipinski definition) is 3. The highest BCUT2D eigenvalue weighted by Crippen LogP contribution is 2.23. The summed E-state index contributed by atoms with van der Waals surface area (Å²) in [7, 11) is -3.77. The van der Waals surface area contributed by atoms with E-state index >= 15 is 0 Å². The maximum Gasteiger partial charge on any atom is 0.328 e. The van der Waals surface area contributed by atoms with Crippen LogP contribution in [0.1, 0.15) is 6.92 Å². The van der Waals surface area contributed by atoms with Gasteiger partial charge in [-0.1, -0.05) is 0 Å². The summed E-state index contributed by atoms with van der Waals surface area (Å²) in [6, 6.07) is 11.2. The first-order valence-electron chi connectivity index (χ1n) is 7.63. The van der Waals surface area contributed by atoms with Gasteiger partial charge in [-0.05, 0) is 48.5 Å². The first kappa shape index (κ1) is 19.9. The first-order valence-corrected chi connectivity index (χ1v) is 9.11. The quantitative estimate of drug-likeness (QED) is 0.650. The number of amides is 2. The van der Waals surface area contributed by atoms with Crippen molar-refractivity contribution in [2.45, 2.75) is 16.7 Å². The van der Waals surface area contributed by atoms with Gasteiger partial charge < -0.3 is 15.7 Å². The SMILES string of the molecule is CC(=O)Nc1ccc(S(=O)(=O)c2ccc(NC(=O)/C=C/C(=O)O)cc2)cc1.